The molecule has 0 spiro atoms. The Labute approximate surface area is 104 Å². The Bertz CT molecular complexity index is 439. The van der Waals surface area contributed by atoms with Gasteiger partial charge in [0.1, 0.15) is 0 Å². The topological polar surface area (TPSA) is 20.2 Å². The molecule has 1 aromatic carbocycles. The summed E-state index contributed by atoms with van der Waals surface area (Å²) >= 11 is 7.74. The van der Waals surface area contributed by atoms with Gasteiger partial charge in [-0.3, -0.25) is 0 Å². The molecule has 0 amide bonds. The quantitative estimate of drug-likeness (QED) is 0.870. The molecule has 0 aliphatic rings. The summed E-state index contributed by atoms with van der Waals surface area (Å²) in [6.45, 7) is 0. The second-order valence-corrected chi connectivity index (χ2v) is 5.09. The monoisotopic (exact) mass is 252 g/mol. The first-order valence-corrected chi connectivity index (χ1v) is 6.48. The molecule has 1 N–H and O–H groups in total. The van der Waals surface area contributed by atoms with Crippen molar-refractivity contribution in [3.63, 3.8) is 0 Å². The average Bonchev–Trinajstić information content (AvgIpc) is 2.79. The number of aliphatic hydroxyl groups is 1. The lowest BCUT2D eigenvalue weighted by molar-refractivity contribution is 0.168. The molecule has 16 heavy (non-hydrogen) atoms. The van der Waals surface area contributed by atoms with Crippen LogP contribution < -0.4 is 0 Å². The van der Waals surface area contributed by atoms with Gasteiger partial charge in [-0.05, 0) is 35.9 Å². The van der Waals surface area contributed by atoms with Crippen LogP contribution in [-0.2, 0) is 6.42 Å². The molecule has 1 nitrogen and oxygen atoms in total. The third kappa shape index (κ3) is 2.85. The maximum atomic E-state index is 10.0. The Balaban J connectivity index is 1.98. The summed E-state index contributed by atoms with van der Waals surface area (Å²) in [5, 5.41) is 12.7. The van der Waals surface area contributed by atoms with Crippen LogP contribution in [0.4, 0.5) is 0 Å². The van der Waals surface area contributed by atoms with Crippen LogP contribution in [0, 0.1) is 0 Å². The molecular weight excluding hydrogens is 240 g/mol. The van der Waals surface area contributed by atoms with E-state index in [2.05, 4.69) is 11.4 Å². The van der Waals surface area contributed by atoms with E-state index in [-0.39, 0.29) is 0 Å². The highest BCUT2D eigenvalue weighted by Gasteiger charge is 2.10. The first-order chi connectivity index (χ1) is 7.77. The number of thiophene rings is 1. The highest BCUT2D eigenvalue weighted by atomic mass is 35.5. The van der Waals surface area contributed by atoms with Gasteiger partial charge in [-0.15, -0.1) is 11.3 Å². The van der Waals surface area contributed by atoms with Crippen molar-refractivity contribution in [2.45, 2.75) is 18.9 Å². The molecule has 1 heterocycles. The van der Waals surface area contributed by atoms with Gasteiger partial charge in [0.05, 0.1) is 6.10 Å². The van der Waals surface area contributed by atoms with Gasteiger partial charge in [0, 0.05) is 9.90 Å². The molecule has 0 bridgehead atoms. The summed E-state index contributed by atoms with van der Waals surface area (Å²) in [5.74, 6) is 0. The van der Waals surface area contributed by atoms with Gasteiger partial charge in [-0.2, -0.15) is 0 Å². The minimum absolute atomic E-state index is 0.476. The lowest BCUT2D eigenvalue weighted by Gasteiger charge is -2.11. The lowest BCUT2D eigenvalue weighted by Crippen LogP contribution is -1.99. The minimum Gasteiger partial charge on any atom is -0.388 e. The van der Waals surface area contributed by atoms with Crippen molar-refractivity contribution < 1.29 is 5.11 Å². The maximum Gasteiger partial charge on any atom is 0.0807 e. The lowest BCUT2D eigenvalue weighted by atomic mass is 10.0. The van der Waals surface area contributed by atoms with E-state index in [1.807, 2.05) is 30.3 Å². The van der Waals surface area contributed by atoms with Crippen LogP contribution in [0.25, 0.3) is 0 Å². The van der Waals surface area contributed by atoms with Crippen LogP contribution in [0.2, 0.25) is 5.02 Å². The molecule has 2 aromatic rings. The molecule has 0 radical (unpaired) electrons. The third-order valence-electron chi connectivity index (χ3n) is 2.51. The third-order valence-corrected chi connectivity index (χ3v) is 3.79. The van der Waals surface area contributed by atoms with E-state index in [1.165, 1.54) is 4.88 Å². The van der Waals surface area contributed by atoms with E-state index in [4.69, 9.17) is 11.6 Å². The van der Waals surface area contributed by atoms with Crippen LogP contribution >= 0.6 is 22.9 Å². The fourth-order valence-electron chi connectivity index (χ4n) is 1.63. The molecule has 3 heteroatoms. The predicted octanol–water partition coefficient (Wildman–Crippen LogP) is 4.07. The zero-order valence-electron chi connectivity index (χ0n) is 8.77. The summed E-state index contributed by atoms with van der Waals surface area (Å²) in [4.78, 5) is 1.30. The van der Waals surface area contributed by atoms with Crippen LogP contribution in [0.3, 0.4) is 0 Å². The second kappa shape index (κ2) is 5.48. The van der Waals surface area contributed by atoms with Crippen LogP contribution in [0.5, 0.6) is 0 Å². The largest absolute Gasteiger partial charge is 0.388 e. The summed E-state index contributed by atoms with van der Waals surface area (Å²) in [6, 6.07) is 11.6. The van der Waals surface area contributed by atoms with E-state index in [0.717, 1.165) is 12.0 Å². The minimum atomic E-state index is -0.476. The molecule has 1 aromatic heterocycles. The van der Waals surface area contributed by atoms with E-state index >= 15 is 0 Å². The Morgan fingerprint density at radius 3 is 2.69 bits per heavy atom. The zero-order valence-corrected chi connectivity index (χ0v) is 10.3. The highest BCUT2D eigenvalue weighted by Crippen LogP contribution is 2.26. The molecule has 84 valence electrons. The number of hydrogen-bond donors (Lipinski definition) is 1. The van der Waals surface area contributed by atoms with Gasteiger partial charge in [0.25, 0.3) is 0 Å². The number of halogens is 1. The Morgan fingerprint density at radius 2 is 2.00 bits per heavy atom. The molecule has 0 aliphatic carbocycles. The van der Waals surface area contributed by atoms with Gasteiger partial charge < -0.3 is 5.11 Å². The standard InChI is InChI=1S/C13H13ClOS/c14-12-6-2-1-5-11(12)13(15)8-7-10-4-3-9-16-10/h1-6,9,13,15H,7-8H2. The number of benzene rings is 1. The smallest absolute Gasteiger partial charge is 0.0807 e. The highest BCUT2D eigenvalue weighted by molar-refractivity contribution is 7.09. The summed E-state index contributed by atoms with van der Waals surface area (Å²) < 4.78 is 0. The van der Waals surface area contributed by atoms with Crippen molar-refractivity contribution in [2.24, 2.45) is 0 Å². The summed E-state index contributed by atoms with van der Waals surface area (Å²) in [5.41, 5.74) is 0.820. The first kappa shape index (κ1) is 11.6. The van der Waals surface area contributed by atoms with Crippen molar-refractivity contribution in [2.75, 3.05) is 0 Å². The van der Waals surface area contributed by atoms with Gasteiger partial charge in [-0.25, -0.2) is 0 Å². The van der Waals surface area contributed by atoms with Gasteiger partial charge in [0.15, 0.2) is 0 Å². The normalized spacial score (nSPS) is 12.6. The summed E-state index contributed by atoms with van der Waals surface area (Å²) in [6.07, 6.45) is 1.13. The average molecular weight is 253 g/mol. The fourth-order valence-corrected chi connectivity index (χ4v) is 2.62. The Morgan fingerprint density at radius 1 is 1.19 bits per heavy atom. The van der Waals surface area contributed by atoms with E-state index in [9.17, 15) is 5.11 Å². The van der Waals surface area contributed by atoms with E-state index in [0.29, 0.717) is 11.4 Å². The number of hydrogen-bond acceptors (Lipinski definition) is 2. The Hall–Kier alpha value is -0.830. The molecular formula is C13H13ClOS. The van der Waals surface area contributed by atoms with Crippen LogP contribution in [-0.4, -0.2) is 5.11 Å². The van der Waals surface area contributed by atoms with Crippen molar-refractivity contribution in [3.05, 3.63) is 57.2 Å². The van der Waals surface area contributed by atoms with Gasteiger partial charge >= 0.3 is 0 Å². The molecule has 2 rings (SSSR count). The molecule has 1 atom stereocenters. The molecule has 1 unspecified atom stereocenters. The molecule has 0 aliphatic heterocycles. The fraction of sp³-hybridized carbons (Fsp3) is 0.231. The Kier molecular flexibility index (Phi) is 3.99. The van der Waals surface area contributed by atoms with E-state index in [1.54, 1.807) is 11.3 Å². The van der Waals surface area contributed by atoms with Crippen molar-refractivity contribution in [3.8, 4) is 0 Å². The molecule has 0 saturated carbocycles. The van der Waals surface area contributed by atoms with Crippen LogP contribution in [0.1, 0.15) is 23.0 Å². The maximum absolute atomic E-state index is 10.0. The predicted molar refractivity (Wildman–Crippen MR) is 69.1 cm³/mol. The van der Waals surface area contributed by atoms with Crippen LogP contribution in [0.15, 0.2) is 41.8 Å². The van der Waals surface area contributed by atoms with Gasteiger partial charge in [-0.1, -0.05) is 35.9 Å². The number of aryl methyl sites for hydroxylation is 1. The van der Waals surface area contributed by atoms with Crippen molar-refractivity contribution in [1.29, 1.82) is 0 Å². The first-order valence-electron chi connectivity index (χ1n) is 5.22. The molecule has 0 fully saturated rings. The van der Waals surface area contributed by atoms with Crippen molar-refractivity contribution in [1.82, 2.24) is 0 Å². The number of rotatable bonds is 4. The summed E-state index contributed by atoms with van der Waals surface area (Å²) in [7, 11) is 0. The van der Waals surface area contributed by atoms with E-state index < -0.39 is 6.10 Å². The zero-order chi connectivity index (χ0) is 11.4. The second-order valence-electron chi connectivity index (χ2n) is 3.66. The number of aliphatic hydroxyl groups excluding tert-OH is 1. The SMILES string of the molecule is OC(CCc1cccs1)c1ccccc1Cl. The van der Waals surface area contributed by atoms with Gasteiger partial charge in [0.2, 0.25) is 0 Å². The van der Waals surface area contributed by atoms with Crippen molar-refractivity contribution >= 4 is 22.9 Å². The molecule has 0 saturated heterocycles.